The number of rotatable bonds is 11. The lowest BCUT2D eigenvalue weighted by molar-refractivity contribution is -0.134. The van der Waals surface area contributed by atoms with Crippen molar-refractivity contribution >= 4 is 56.8 Å². The molecule has 0 amide bonds. The second kappa shape index (κ2) is 14.6. The van der Waals surface area contributed by atoms with Crippen LogP contribution in [0, 0.1) is 12.3 Å². The number of carbonyl (C=O) groups excluding carboxylic acids is 2. The van der Waals surface area contributed by atoms with E-state index in [1.165, 1.54) is 0 Å². The highest BCUT2D eigenvalue weighted by Gasteiger charge is 2.19. The lowest BCUT2D eigenvalue weighted by atomic mass is 9.97. The van der Waals surface area contributed by atoms with Crippen LogP contribution in [0.5, 0.6) is 0 Å². The van der Waals surface area contributed by atoms with Crippen molar-refractivity contribution in [2.75, 3.05) is 5.75 Å². The zero-order valence-corrected chi connectivity index (χ0v) is 26.2. The van der Waals surface area contributed by atoms with Crippen LogP contribution in [-0.2, 0) is 11.3 Å². The molecule has 0 unspecified atom stereocenters. The number of nitrogens with zero attached hydrogens (tertiary/aromatic N) is 1. The summed E-state index contributed by atoms with van der Waals surface area (Å²) in [4.78, 5) is 36.6. The standard InChI is InChI=1S/C34H34N2O2S.C2H4O2/c1-7-22(5)34(21(3)4)39-18-17-29(35)33(38)25-14-16-31-28(20-25)27-19-24(13-15-30(27)36(31)8-2)32(37)26-12-10-9-11-23(26)6;1-2(3)4/h7,9-16,19-20,35H,1,3,8,17-18H2,2,4-6H3;1H3,(H,3,4)/b34-22+,35-29?;. The van der Waals surface area contributed by atoms with Gasteiger partial charge in [-0.15, -0.1) is 11.8 Å². The molecule has 0 fully saturated rings. The Morgan fingerprint density at radius 1 is 0.953 bits per heavy atom. The van der Waals surface area contributed by atoms with Gasteiger partial charge in [0.25, 0.3) is 5.97 Å². The van der Waals surface area contributed by atoms with Crippen molar-refractivity contribution in [3.05, 3.63) is 118 Å². The van der Waals surface area contributed by atoms with Gasteiger partial charge in [0.05, 0.1) is 5.71 Å². The molecule has 3 aromatic carbocycles. The average Bonchev–Trinajstić information content (AvgIpc) is 3.30. The first kappa shape index (κ1) is 33.0. The summed E-state index contributed by atoms with van der Waals surface area (Å²) >= 11 is 1.60. The van der Waals surface area contributed by atoms with Gasteiger partial charge < -0.3 is 15.1 Å². The van der Waals surface area contributed by atoms with Gasteiger partial charge in [-0.25, -0.2) is 0 Å². The fourth-order valence-electron chi connectivity index (χ4n) is 4.92. The minimum atomic E-state index is -0.833. The van der Waals surface area contributed by atoms with Gasteiger partial charge >= 0.3 is 0 Å². The maximum absolute atomic E-state index is 13.3. The Kier molecular flexibility index (Phi) is 11.2. The fraction of sp³-hybridized carbons (Fsp3) is 0.222. The second-order valence-corrected chi connectivity index (χ2v) is 11.4. The molecular formula is C36H38N2O4S. The number of nitrogens with one attached hydrogen (secondary N) is 1. The van der Waals surface area contributed by atoms with Gasteiger partial charge in [0.15, 0.2) is 5.78 Å². The number of thioether (sulfide) groups is 1. The number of carboxylic acids is 1. The van der Waals surface area contributed by atoms with Crippen molar-refractivity contribution in [2.45, 2.75) is 47.6 Å². The average molecular weight is 595 g/mol. The highest BCUT2D eigenvalue weighted by atomic mass is 32.2. The number of aromatic nitrogens is 1. The molecule has 43 heavy (non-hydrogen) atoms. The van der Waals surface area contributed by atoms with Crippen LogP contribution in [0.4, 0.5) is 0 Å². The third-order valence-corrected chi connectivity index (χ3v) is 8.39. The quantitative estimate of drug-likeness (QED) is 0.103. The SMILES string of the molecule is C=C/C(C)=C(/SCCC(=N)C(=O)c1ccc2c(c1)c1cc(C(=O)c3ccccc3C)ccc1n2CC)C(=C)C.CC(=O)O. The van der Waals surface area contributed by atoms with Crippen molar-refractivity contribution in [2.24, 2.45) is 0 Å². The minimum Gasteiger partial charge on any atom is -0.481 e. The van der Waals surface area contributed by atoms with Gasteiger partial charge in [-0.1, -0.05) is 43.5 Å². The van der Waals surface area contributed by atoms with Gasteiger partial charge in [0.2, 0.25) is 5.78 Å². The monoisotopic (exact) mass is 594 g/mol. The number of fused-ring (bicyclic) bond motifs is 3. The van der Waals surface area contributed by atoms with E-state index < -0.39 is 5.97 Å². The lowest BCUT2D eigenvalue weighted by Gasteiger charge is -2.10. The molecule has 0 aliphatic rings. The molecule has 4 rings (SSSR count). The van der Waals surface area contributed by atoms with E-state index in [0.717, 1.165) is 56.9 Å². The van der Waals surface area contributed by atoms with Crippen molar-refractivity contribution in [3.8, 4) is 0 Å². The predicted octanol–water partition coefficient (Wildman–Crippen LogP) is 8.81. The van der Waals surface area contributed by atoms with Gasteiger partial charge in [-0.3, -0.25) is 14.4 Å². The maximum Gasteiger partial charge on any atom is 0.300 e. The maximum atomic E-state index is 13.3. The first-order valence-electron chi connectivity index (χ1n) is 14.0. The number of benzene rings is 3. The third-order valence-electron chi connectivity index (χ3n) is 7.02. The number of aliphatic carboxylic acids is 1. The summed E-state index contributed by atoms with van der Waals surface area (Å²) in [7, 11) is 0. The smallest absolute Gasteiger partial charge is 0.300 e. The molecule has 1 heterocycles. The van der Waals surface area contributed by atoms with Crippen LogP contribution < -0.4 is 0 Å². The van der Waals surface area contributed by atoms with Crippen molar-refractivity contribution < 1.29 is 19.5 Å². The van der Waals surface area contributed by atoms with E-state index in [0.29, 0.717) is 28.9 Å². The molecule has 1 aromatic heterocycles. The first-order valence-corrected chi connectivity index (χ1v) is 15.0. The lowest BCUT2D eigenvalue weighted by Crippen LogP contribution is -2.14. The number of Topliss-reactive ketones (excluding diaryl/α,β-unsaturated/α-hetero) is 1. The van der Waals surface area contributed by atoms with E-state index >= 15 is 0 Å². The Labute approximate surface area is 257 Å². The third kappa shape index (κ3) is 7.67. The number of aryl methyl sites for hydroxylation is 2. The highest BCUT2D eigenvalue weighted by molar-refractivity contribution is 8.03. The van der Waals surface area contributed by atoms with Gasteiger partial charge in [0.1, 0.15) is 0 Å². The van der Waals surface area contributed by atoms with E-state index in [1.807, 2.05) is 75.4 Å². The second-order valence-electron chi connectivity index (χ2n) is 10.3. The van der Waals surface area contributed by atoms with Gasteiger partial charge in [-0.05, 0) is 80.8 Å². The summed E-state index contributed by atoms with van der Waals surface area (Å²) in [5.41, 5.74) is 6.82. The molecule has 7 heteroatoms. The normalized spacial score (nSPS) is 11.4. The summed E-state index contributed by atoms with van der Waals surface area (Å²) in [6.45, 7) is 17.7. The molecule has 0 aliphatic heterocycles. The largest absolute Gasteiger partial charge is 0.481 e. The summed E-state index contributed by atoms with van der Waals surface area (Å²) in [6.07, 6.45) is 2.16. The first-order chi connectivity index (χ1) is 20.4. The predicted molar refractivity (Wildman–Crippen MR) is 180 cm³/mol. The molecule has 6 nitrogen and oxygen atoms in total. The van der Waals surface area contributed by atoms with Crippen LogP contribution in [0.25, 0.3) is 21.8 Å². The van der Waals surface area contributed by atoms with E-state index in [9.17, 15) is 9.59 Å². The zero-order valence-electron chi connectivity index (χ0n) is 25.4. The molecular weight excluding hydrogens is 556 g/mol. The van der Waals surface area contributed by atoms with Gasteiger partial charge in [-0.2, -0.15) is 0 Å². The number of allylic oxidation sites excluding steroid dienone is 3. The van der Waals surface area contributed by atoms with Crippen LogP contribution in [-0.4, -0.2) is 38.7 Å². The van der Waals surface area contributed by atoms with E-state index in [-0.39, 0.29) is 17.3 Å². The molecule has 0 bridgehead atoms. The Hall–Kier alpha value is -4.49. The topological polar surface area (TPSA) is 100 Å². The molecule has 0 atom stereocenters. The fourth-order valence-corrected chi connectivity index (χ4v) is 5.99. The number of carbonyl (C=O) groups is 3. The Balaban J connectivity index is 0.00000119. The van der Waals surface area contributed by atoms with E-state index in [2.05, 4.69) is 24.6 Å². The van der Waals surface area contributed by atoms with Crippen molar-refractivity contribution in [1.29, 1.82) is 5.41 Å². The summed E-state index contributed by atoms with van der Waals surface area (Å²) in [5.74, 6) is -0.517. The van der Waals surface area contributed by atoms with Crippen molar-refractivity contribution in [3.63, 3.8) is 0 Å². The minimum absolute atomic E-state index is 0.0196. The Bertz CT molecular complexity index is 1790. The number of ketones is 2. The highest BCUT2D eigenvalue weighted by Crippen LogP contribution is 2.32. The summed E-state index contributed by atoms with van der Waals surface area (Å²) in [5, 5.41) is 17.7. The number of carboxylic acid groups (broad SMARTS) is 1. The Morgan fingerprint density at radius 2 is 1.51 bits per heavy atom. The van der Waals surface area contributed by atoms with Crippen LogP contribution in [0.3, 0.4) is 0 Å². The van der Waals surface area contributed by atoms with Crippen LogP contribution in [0.2, 0.25) is 0 Å². The zero-order chi connectivity index (χ0) is 31.8. The van der Waals surface area contributed by atoms with Crippen LogP contribution in [0.1, 0.15) is 66.0 Å². The molecule has 222 valence electrons. The van der Waals surface area contributed by atoms with E-state index in [1.54, 1.807) is 23.9 Å². The molecule has 0 radical (unpaired) electrons. The molecule has 2 N–H and O–H groups in total. The van der Waals surface area contributed by atoms with E-state index in [4.69, 9.17) is 15.3 Å². The van der Waals surface area contributed by atoms with Crippen LogP contribution >= 0.6 is 11.8 Å². The number of hydrogen-bond acceptors (Lipinski definition) is 5. The molecule has 0 spiro atoms. The van der Waals surface area contributed by atoms with Crippen molar-refractivity contribution in [1.82, 2.24) is 4.57 Å². The van der Waals surface area contributed by atoms with Crippen LogP contribution in [0.15, 0.2) is 95.9 Å². The molecule has 0 aliphatic carbocycles. The number of hydrogen-bond donors (Lipinski definition) is 2. The molecule has 0 saturated carbocycles. The molecule has 0 saturated heterocycles. The Morgan fingerprint density at radius 3 is 2.05 bits per heavy atom. The molecule has 4 aromatic rings. The van der Waals surface area contributed by atoms with Gasteiger partial charge in [0, 0.05) is 69.0 Å². The summed E-state index contributed by atoms with van der Waals surface area (Å²) in [6, 6.07) is 19.0. The summed E-state index contributed by atoms with van der Waals surface area (Å²) < 4.78 is 2.19.